The summed E-state index contributed by atoms with van der Waals surface area (Å²) in [6, 6.07) is 0.462. The van der Waals surface area contributed by atoms with Crippen molar-refractivity contribution >= 4 is 11.8 Å². The number of nitrogen functional groups attached to an aromatic ring is 1. The quantitative estimate of drug-likeness (QED) is 0.500. The van der Waals surface area contributed by atoms with Gasteiger partial charge in [-0.15, -0.1) is 0 Å². The fraction of sp³-hybridized carbons (Fsp3) is 0.600. The van der Waals surface area contributed by atoms with Crippen molar-refractivity contribution in [2.45, 2.75) is 19.4 Å². The number of aromatic nitrogens is 2. The zero-order chi connectivity index (χ0) is 11.5. The van der Waals surface area contributed by atoms with Crippen LogP contribution in [-0.4, -0.2) is 41.0 Å². The van der Waals surface area contributed by atoms with E-state index in [1.165, 1.54) is 0 Å². The van der Waals surface area contributed by atoms with Gasteiger partial charge in [-0.05, 0) is 26.9 Å². The van der Waals surface area contributed by atoms with Crippen LogP contribution in [0.3, 0.4) is 0 Å². The van der Waals surface area contributed by atoms with Gasteiger partial charge >= 0.3 is 0 Å². The molecule has 1 aliphatic heterocycles. The van der Waals surface area contributed by atoms with Gasteiger partial charge in [-0.1, -0.05) is 0 Å². The number of nitrogens with zero attached hydrogens (tertiary/aromatic N) is 3. The number of nitrogens with one attached hydrogen (secondary N) is 2. The number of hydrogen-bond donors (Lipinski definition) is 3. The van der Waals surface area contributed by atoms with Crippen LogP contribution in [0.15, 0.2) is 6.20 Å². The molecule has 0 radical (unpaired) electrons. The van der Waals surface area contributed by atoms with Crippen LogP contribution in [0.4, 0.5) is 11.8 Å². The van der Waals surface area contributed by atoms with Crippen molar-refractivity contribution in [1.82, 2.24) is 14.9 Å². The van der Waals surface area contributed by atoms with E-state index < -0.39 is 0 Å². The molecule has 1 fully saturated rings. The van der Waals surface area contributed by atoms with Crippen LogP contribution in [-0.2, 0) is 0 Å². The second-order valence-electron chi connectivity index (χ2n) is 4.26. The first-order valence-corrected chi connectivity index (χ1v) is 5.44. The Morgan fingerprint density at radius 2 is 2.38 bits per heavy atom. The van der Waals surface area contributed by atoms with Crippen molar-refractivity contribution in [2.75, 3.05) is 30.9 Å². The number of hydrogen-bond acceptors (Lipinski definition) is 6. The molecule has 0 bridgehead atoms. The lowest BCUT2D eigenvalue weighted by Crippen LogP contribution is -2.25. The molecule has 6 heteroatoms. The normalized spacial score (nSPS) is 21.1. The van der Waals surface area contributed by atoms with Gasteiger partial charge in [0, 0.05) is 24.3 Å². The Kier molecular flexibility index (Phi) is 3.21. The molecule has 1 aromatic rings. The van der Waals surface area contributed by atoms with Crippen molar-refractivity contribution in [2.24, 2.45) is 5.84 Å². The second kappa shape index (κ2) is 4.63. The summed E-state index contributed by atoms with van der Waals surface area (Å²) < 4.78 is 0. The molecule has 16 heavy (non-hydrogen) atoms. The lowest BCUT2D eigenvalue weighted by atomic mass is 10.2. The van der Waals surface area contributed by atoms with Gasteiger partial charge in [0.25, 0.3) is 0 Å². The third-order valence-electron chi connectivity index (χ3n) is 2.83. The zero-order valence-corrected chi connectivity index (χ0v) is 9.70. The lowest BCUT2D eigenvalue weighted by molar-refractivity contribution is 0.414. The van der Waals surface area contributed by atoms with Crippen molar-refractivity contribution < 1.29 is 0 Å². The molecule has 0 saturated carbocycles. The predicted octanol–water partition coefficient (Wildman–Crippen LogP) is 0.187. The summed E-state index contributed by atoms with van der Waals surface area (Å²) in [5, 5.41) is 3.43. The largest absolute Gasteiger partial charge is 0.366 e. The van der Waals surface area contributed by atoms with E-state index in [2.05, 4.69) is 32.7 Å². The molecule has 1 aliphatic rings. The van der Waals surface area contributed by atoms with Gasteiger partial charge in [0.1, 0.15) is 5.82 Å². The number of aryl methyl sites for hydroxylation is 1. The molecule has 88 valence electrons. The number of hydrazine groups is 1. The molecule has 1 atom stereocenters. The molecular weight excluding hydrogens is 204 g/mol. The summed E-state index contributed by atoms with van der Waals surface area (Å²) in [5.41, 5.74) is 3.49. The number of nitrogens with two attached hydrogens (primary N) is 1. The molecule has 4 N–H and O–H groups in total. The van der Waals surface area contributed by atoms with Crippen LogP contribution >= 0.6 is 0 Å². The van der Waals surface area contributed by atoms with Crippen LogP contribution in [0, 0.1) is 6.92 Å². The van der Waals surface area contributed by atoms with Crippen LogP contribution in [0.25, 0.3) is 0 Å². The first kappa shape index (κ1) is 11.1. The monoisotopic (exact) mass is 222 g/mol. The van der Waals surface area contributed by atoms with E-state index in [0.29, 0.717) is 12.0 Å². The molecule has 0 spiro atoms. The van der Waals surface area contributed by atoms with E-state index in [4.69, 9.17) is 5.84 Å². The number of likely N-dealkylation sites (N-methyl/N-ethyl adjacent to an activating group) is 1. The second-order valence-corrected chi connectivity index (χ2v) is 4.26. The fourth-order valence-electron chi connectivity index (χ4n) is 1.90. The summed E-state index contributed by atoms with van der Waals surface area (Å²) in [6.07, 6.45) is 2.91. The Hall–Kier alpha value is -1.40. The van der Waals surface area contributed by atoms with E-state index in [1.54, 1.807) is 6.20 Å². The molecule has 0 amide bonds. The minimum Gasteiger partial charge on any atom is -0.366 e. The molecular formula is C10H18N6. The molecule has 1 aromatic heterocycles. The topological polar surface area (TPSA) is 79.1 Å². The van der Waals surface area contributed by atoms with Gasteiger partial charge in [0.05, 0.1) is 0 Å². The van der Waals surface area contributed by atoms with E-state index in [1.807, 2.05) is 6.92 Å². The SMILES string of the molecule is Cc1cnc(NN)nc1NC1CCN(C)C1. The standard InChI is InChI=1S/C10H18N6/c1-7-5-12-10(15-11)14-9(7)13-8-3-4-16(2)6-8/h5,8H,3-4,6,11H2,1-2H3,(H2,12,13,14,15). The number of anilines is 2. The van der Waals surface area contributed by atoms with Crippen molar-refractivity contribution in [3.8, 4) is 0 Å². The summed E-state index contributed by atoms with van der Waals surface area (Å²) >= 11 is 0. The first-order valence-electron chi connectivity index (χ1n) is 5.44. The molecule has 1 unspecified atom stereocenters. The van der Waals surface area contributed by atoms with Crippen molar-refractivity contribution in [3.63, 3.8) is 0 Å². The van der Waals surface area contributed by atoms with Gasteiger partial charge in [0.2, 0.25) is 5.95 Å². The average Bonchev–Trinajstić information content (AvgIpc) is 2.67. The number of likely N-dealkylation sites (tertiary alicyclic amines) is 1. The maximum absolute atomic E-state index is 5.29. The molecule has 2 rings (SSSR count). The number of rotatable bonds is 3. The highest BCUT2D eigenvalue weighted by Crippen LogP contribution is 2.17. The Balaban J connectivity index is 2.08. The molecule has 2 heterocycles. The Bertz CT molecular complexity index is 366. The molecule has 6 nitrogen and oxygen atoms in total. The van der Waals surface area contributed by atoms with Gasteiger partial charge in [-0.2, -0.15) is 4.98 Å². The fourth-order valence-corrected chi connectivity index (χ4v) is 1.90. The van der Waals surface area contributed by atoms with Gasteiger partial charge in [-0.25, -0.2) is 10.8 Å². The highest BCUT2D eigenvalue weighted by atomic mass is 15.3. The minimum atomic E-state index is 0.444. The maximum Gasteiger partial charge on any atom is 0.239 e. The predicted molar refractivity (Wildman–Crippen MR) is 64.1 cm³/mol. The Labute approximate surface area is 95.2 Å². The van der Waals surface area contributed by atoms with E-state index in [-0.39, 0.29) is 0 Å². The van der Waals surface area contributed by atoms with Gasteiger partial charge in [-0.3, -0.25) is 5.43 Å². The van der Waals surface area contributed by atoms with Crippen LogP contribution in [0.5, 0.6) is 0 Å². The zero-order valence-electron chi connectivity index (χ0n) is 9.70. The minimum absolute atomic E-state index is 0.444. The maximum atomic E-state index is 5.29. The summed E-state index contributed by atoms with van der Waals surface area (Å²) in [5.74, 6) is 6.60. The van der Waals surface area contributed by atoms with Crippen molar-refractivity contribution in [1.29, 1.82) is 0 Å². The Morgan fingerprint density at radius 1 is 1.56 bits per heavy atom. The molecule has 1 saturated heterocycles. The molecule has 0 aromatic carbocycles. The third kappa shape index (κ3) is 2.40. The van der Waals surface area contributed by atoms with Gasteiger partial charge < -0.3 is 10.2 Å². The first-order chi connectivity index (χ1) is 7.69. The summed E-state index contributed by atoms with van der Waals surface area (Å²) in [6.45, 7) is 4.17. The average molecular weight is 222 g/mol. The van der Waals surface area contributed by atoms with Crippen LogP contribution in [0.2, 0.25) is 0 Å². The summed E-state index contributed by atoms with van der Waals surface area (Å²) in [4.78, 5) is 10.7. The lowest BCUT2D eigenvalue weighted by Gasteiger charge is -2.15. The van der Waals surface area contributed by atoms with E-state index in [9.17, 15) is 0 Å². The smallest absolute Gasteiger partial charge is 0.239 e. The highest BCUT2D eigenvalue weighted by molar-refractivity contribution is 5.46. The molecule has 0 aliphatic carbocycles. The highest BCUT2D eigenvalue weighted by Gasteiger charge is 2.20. The summed E-state index contributed by atoms with van der Waals surface area (Å²) in [7, 11) is 2.13. The van der Waals surface area contributed by atoms with E-state index >= 15 is 0 Å². The van der Waals surface area contributed by atoms with E-state index in [0.717, 1.165) is 30.9 Å². The van der Waals surface area contributed by atoms with Crippen molar-refractivity contribution in [3.05, 3.63) is 11.8 Å². The third-order valence-corrected chi connectivity index (χ3v) is 2.83. The Morgan fingerprint density at radius 3 is 3.00 bits per heavy atom. The van der Waals surface area contributed by atoms with Gasteiger partial charge in [0.15, 0.2) is 0 Å². The van der Waals surface area contributed by atoms with Crippen LogP contribution < -0.4 is 16.6 Å². The van der Waals surface area contributed by atoms with Crippen LogP contribution in [0.1, 0.15) is 12.0 Å².